The summed E-state index contributed by atoms with van der Waals surface area (Å²) in [6.45, 7) is 10.8. The summed E-state index contributed by atoms with van der Waals surface area (Å²) in [4.78, 5) is 29.0. The molecule has 3 rings (SSSR count). The Morgan fingerprint density at radius 3 is 2.28 bits per heavy atom. The number of amides is 1. The van der Waals surface area contributed by atoms with Gasteiger partial charge in [0.15, 0.2) is 5.78 Å². The Morgan fingerprint density at radius 2 is 1.72 bits per heavy atom. The number of nitrogens with zero attached hydrogens (tertiary/aromatic N) is 2. The van der Waals surface area contributed by atoms with Gasteiger partial charge in [0.1, 0.15) is 5.60 Å². The number of ether oxygens (including phenoxy) is 1. The number of hydrogen-bond donors (Lipinski definition) is 0. The summed E-state index contributed by atoms with van der Waals surface area (Å²) >= 11 is 0. The van der Waals surface area contributed by atoms with Gasteiger partial charge < -0.3 is 9.64 Å². The second-order valence-corrected chi connectivity index (χ2v) is 8.56. The molecule has 1 aromatic carbocycles. The van der Waals surface area contributed by atoms with Crippen LogP contribution in [0.4, 0.5) is 4.79 Å². The summed E-state index contributed by atoms with van der Waals surface area (Å²) in [6.07, 6.45) is 0.176. The Balaban J connectivity index is 1.82. The number of ketones is 1. The van der Waals surface area contributed by atoms with Crippen LogP contribution in [0.1, 0.15) is 46.6 Å². The highest BCUT2D eigenvalue weighted by Crippen LogP contribution is 2.39. The van der Waals surface area contributed by atoms with E-state index in [1.165, 1.54) is 5.56 Å². The molecule has 0 radical (unpaired) electrons. The molecule has 2 fully saturated rings. The van der Waals surface area contributed by atoms with Crippen LogP contribution >= 0.6 is 0 Å². The minimum absolute atomic E-state index is 0.0361. The summed E-state index contributed by atoms with van der Waals surface area (Å²) < 4.78 is 5.50. The van der Waals surface area contributed by atoms with E-state index in [-0.39, 0.29) is 29.5 Å². The molecule has 1 aromatic rings. The quantitative estimate of drug-likeness (QED) is 0.827. The molecule has 2 aliphatic rings. The van der Waals surface area contributed by atoms with Gasteiger partial charge in [0.25, 0.3) is 0 Å². The van der Waals surface area contributed by atoms with Gasteiger partial charge in [0, 0.05) is 31.1 Å². The smallest absolute Gasteiger partial charge is 0.410 e. The number of carbonyl (C=O) groups excluding carboxylic acids is 2. The average molecular weight is 344 g/mol. The lowest BCUT2D eigenvalue weighted by Crippen LogP contribution is -2.61. The maximum atomic E-state index is 12.6. The summed E-state index contributed by atoms with van der Waals surface area (Å²) in [5.41, 5.74) is 0.397. The second kappa shape index (κ2) is 6.13. The number of Topliss-reactive ketones (excluding diaryl/α,β-unsaturated/α-hetero) is 1. The minimum atomic E-state index is -0.527. The van der Waals surface area contributed by atoms with E-state index in [1.54, 1.807) is 4.90 Å². The second-order valence-electron chi connectivity index (χ2n) is 8.56. The third-order valence-corrected chi connectivity index (χ3v) is 5.14. The third-order valence-electron chi connectivity index (χ3n) is 5.14. The molecule has 1 amide bonds. The maximum absolute atomic E-state index is 12.6. The van der Waals surface area contributed by atoms with Gasteiger partial charge in [-0.05, 0) is 40.2 Å². The fourth-order valence-electron chi connectivity index (χ4n) is 4.07. The molecule has 25 heavy (non-hydrogen) atoms. The zero-order valence-corrected chi connectivity index (χ0v) is 15.8. The minimum Gasteiger partial charge on any atom is -0.444 e. The van der Waals surface area contributed by atoms with Gasteiger partial charge >= 0.3 is 6.09 Å². The van der Waals surface area contributed by atoms with Gasteiger partial charge in [0.05, 0.1) is 6.04 Å². The molecule has 0 saturated carbocycles. The van der Waals surface area contributed by atoms with Crippen LogP contribution in [-0.4, -0.2) is 52.5 Å². The van der Waals surface area contributed by atoms with E-state index in [9.17, 15) is 9.59 Å². The SMILES string of the molecule is CC(C)(C)OC(=O)N1CC2CC(=O)C(C1)N2C(C)(C)c1ccccc1. The molecule has 2 unspecified atom stereocenters. The first-order chi connectivity index (χ1) is 11.6. The highest BCUT2D eigenvalue weighted by atomic mass is 16.6. The lowest BCUT2D eigenvalue weighted by atomic mass is 9.89. The Hall–Kier alpha value is -1.88. The lowest BCUT2D eigenvalue weighted by molar-refractivity contribution is -0.122. The number of likely N-dealkylation sites (tertiary alicyclic amines) is 1. The number of hydrogen-bond acceptors (Lipinski definition) is 4. The van der Waals surface area contributed by atoms with E-state index in [1.807, 2.05) is 39.0 Å². The van der Waals surface area contributed by atoms with Crippen molar-refractivity contribution in [3.63, 3.8) is 0 Å². The fraction of sp³-hybridized carbons (Fsp3) is 0.600. The molecule has 2 aliphatic heterocycles. The molecule has 2 saturated heterocycles. The van der Waals surface area contributed by atoms with Crippen LogP contribution in [0.15, 0.2) is 30.3 Å². The number of piperazine rings is 1. The van der Waals surface area contributed by atoms with E-state index >= 15 is 0 Å². The molecule has 136 valence electrons. The Morgan fingerprint density at radius 1 is 1.08 bits per heavy atom. The average Bonchev–Trinajstić information content (AvgIpc) is 2.73. The molecule has 2 bridgehead atoms. The van der Waals surface area contributed by atoms with Crippen molar-refractivity contribution in [1.29, 1.82) is 0 Å². The van der Waals surface area contributed by atoms with Gasteiger partial charge in [-0.1, -0.05) is 30.3 Å². The van der Waals surface area contributed by atoms with Crippen LogP contribution in [0.2, 0.25) is 0 Å². The first-order valence-electron chi connectivity index (χ1n) is 8.94. The van der Waals surface area contributed by atoms with Gasteiger partial charge in [-0.25, -0.2) is 4.79 Å². The van der Waals surface area contributed by atoms with Gasteiger partial charge in [0.2, 0.25) is 0 Å². The van der Waals surface area contributed by atoms with Crippen molar-refractivity contribution in [2.45, 2.75) is 64.3 Å². The first-order valence-corrected chi connectivity index (χ1v) is 8.94. The van der Waals surface area contributed by atoms with Crippen LogP contribution in [0, 0.1) is 0 Å². The summed E-state index contributed by atoms with van der Waals surface area (Å²) in [5, 5.41) is 0. The van der Waals surface area contributed by atoms with Crippen LogP contribution in [0.25, 0.3) is 0 Å². The summed E-state index contributed by atoms with van der Waals surface area (Å²) in [7, 11) is 0. The zero-order valence-electron chi connectivity index (χ0n) is 15.8. The largest absolute Gasteiger partial charge is 0.444 e. The number of fused-ring (bicyclic) bond motifs is 2. The van der Waals surface area contributed by atoms with E-state index in [0.717, 1.165) is 0 Å². The molecule has 0 aliphatic carbocycles. The van der Waals surface area contributed by atoms with E-state index in [2.05, 4.69) is 30.9 Å². The molecule has 2 atom stereocenters. The van der Waals surface area contributed by atoms with Gasteiger partial charge in [-0.15, -0.1) is 0 Å². The van der Waals surface area contributed by atoms with Crippen LogP contribution in [-0.2, 0) is 15.1 Å². The first kappa shape index (κ1) is 17.9. The van der Waals surface area contributed by atoms with Crippen molar-refractivity contribution in [3.05, 3.63) is 35.9 Å². The topological polar surface area (TPSA) is 49.9 Å². The summed E-state index contributed by atoms with van der Waals surface area (Å²) in [5.74, 6) is 0.222. The Bertz CT molecular complexity index is 663. The number of rotatable bonds is 2. The van der Waals surface area contributed by atoms with Crippen molar-refractivity contribution in [2.75, 3.05) is 13.1 Å². The van der Waals surface area contributed by atoms with E-state index < -0.39 is 5.60 Å². The molecule has 5 nitrogen and oxygen atoms in total. The van der Waals surface area contributed by atoms with Crippen LogP contribution < -0.4 is 0 Å². The third kappa shape index (κ3) is 3.43. The van der Waals surface area contributed by atoms with Crippen LogP contribution in [0.3, 0.4) is 0 Å². The van der Waals surface area contributed by atoms with Crippen molar-refractivity contribution in [1.82, 2.24) is 9.80 Å². The van der Waals surface area contributed by atoms with Crippen molar-refractivity contribution in [3.8, 4) is 0 Å². The molecule has 2 heterocycles. The van der Waals surface area contributed by atoms with Gasteiger partial charge in [-0.2, -0.15) is 0 Å². The number of benzene rings is 1. The standard InChI is InChI=1S/C20H28N2O3/c1-19(2,3)25-18(24)21-12-15-11-17(23)16(13-21)22(15)20(4,5)14-9-7-6-8-10-14/h6-10,15-16H,11-13H2,1-5H3. The predicted molar refractivity (Wildman–Crippen MR) is 96.3 cm³/mol. The summed E-state index contributed by atoms with van der Waals surface area (Å²) in [6, 6.07) is 10.0. The Kier molecular flexibility index (Phi) is 4.40. The monoisotopic (exact) mass is 344 g/mol. The Labute approximate surface area is 149 Å². The van der Waals surface area contributed by atoms with Crippen molar-refractivity contribution in [2.24, 2.45) is 0 Å². The molecule has 0 spiro atoms. The molecule has 0 aromatic heterocycles. The molecule has 5 heteroatoms. The maximum Gasteiger partial charge on any atom is 0.410 e. The van der Waals surface area contributed by atoms with Gasteiger partial charge in [-0.3, -0.25) is 9.69 Å². The lowest BCUT2D eigenvalue weighted by Gasteiger charge is -2.48. The zero-order chi connectivity index (χ0) is 18.4. The van der Waals surface area contributed by atoms with Crippen LogP contribution in [0.5, 0.6) is 0 Å². The molecular formula is C20H28N2O3. The predicted octanol–water partition coefficient (Wildman–Crippen LogP) is 3.18. The van der Waals surface area contributed by atoms with E-state index in [4.69, 9.17) is 4.74 Å². The molecule has 0 N–H and O–H groups in total. The van der Waals surface area contributed by atoms with Crippen molar-refractivity contribution >= 4 is 11.9 Å². The molecular weight excluding hydrogens is 316 g/mol. The van der Waals surface area contributed by atoms with Crippen molar-refractivity contribution < 1.29 is 14.3 Å². The highest BCUT2D eigenvalue weighted by Gasteiger charge is 2.52. The number of carbonyl (C=O) groups is 2. The van der Waals surface area contributed by atoms with E-state index in [0.29, 0.717) is 19.5 Å². The fourth-order valence-corrected chi connectivity index (χ4v) is 4.07. The normalized spacial score (nSPS) is 24.5. The highest BCUT2D eigenvalue weighted by molar-refractivity contribution is 5.88.